The van der Waals surface area contributed by atoms with Crippen LogP contribution in [0, 0.1) is 0 Å². The molecule has 0 spiro atoms. The van der Waals surface area contributed by atoms with E-state index in [0.717, 1.165) is 11.3 Å². The molecule has 5 nitrogen and oxygen atoms in total. The number of furan rings is 1. The minimum atomic E-state index is -0.123. The number of hydrogen-bond donors (Lipinski definition) is 0. The molecular formula is C21H21NO4. The van der Waals surface area contributed by atoms with Gasteiger partial charge in [0.25, 0.3) is 5.91 Å². The summed E-state index contributed by atoms with van der Waals surface area (Å²) in [6.07, 6.45) is 1.61. The Morgan fingerprint density at radius 3 is 2.19 bits per heavy atom. The number of hydrogen-bond acceptors (Lipinski definition) is 4. The Morgan fingerprint density at radius 1 is 0.923 bits per heavy atom. The van der Waals surface area contributed by atoms with Crippen molar-refractivity contribution in [2.24, 2.45) is 0 Å². The molecule has 1 aromatic heterocycles. The summed E-state index contributed by atoms with van der Waals surface area (Å²) >= 11 is 0. The van der Waals surface area contributed by atoms with E-state index < -0.39 is 0 Å². The molecule has 26 heavy (non-hydrogen) atoms. The van der Waals surface area contributed by atoms with E-state index in [9.17, 15) is 4.79 Å². The van der Waals surface area contributed by atoms with Crippen LogP contribution in [0.5, 0.6) is 11.5 Å². The van der Waals surface area contributed by atoms with Gasteiger partial charge >= 0.3 is 0 Å². The monoisotopic (exact) mass is 351 g/mol. The molecule has 0 saturated heterocycles. The minimum Gasteiger partial charge on any atom is -0.497 e. The second-order valence-corrected chi connectivity index (χ2v) is 5.83. The highest BCUT2D eigenvalue weighted by Gasteiger charge is 2.19. The standard InChI is InChI=1S/C21H21NO4/c1-24-19-11-17(12-20(13-19)25-2)21(23)22(15-18-9-6-10-26-18)14-16-7-4-3-5-8-16/h3-13H,14-15H2,1-2H3. The predicted octanol–water partition coefficient (Wildman–Crippen LogP) is 4.14. The zero-order valence-electron chi connectivity index (χ0n) is 14.8. The normalized spacial score (nSPS) is 10.4. The highest BCUT2D eigenvalue weighted by atomic mass is 16.5. The van der Waals surface area contributed by atoms with E-state index >= 15 is 0 Å². The summed E-state index contributed by atoms with van der Waals surface area (Å²) in [6, 6.07) is 18.7. The van der Waals surface area contributed by atoms with E-state index in [2.05, 4.69) is 0 Å². The first-order valence-corrected chi connectivity index (χ1v) is 8.28. The maximum Gasteiger partial charge on any atom is 0.254 e. The van der Waals surface area contributed by atoms with Gasteiger partial charge in [0, 0.05) is 18.2 Å². The fraction of sp³-hybridized carbons (Fsp3) is 0.190. The molecule has 3 rings (SSSR count). The van der Waals surface area contributed by atoms with Gasteiger partial charge in [-0.25, -0.2) is 0 Å². The zero-order chi connectivity index (χ0) is 18.4. The molecule has 0 aliphatic carbocycles. The Balaban J connectivity index is 1.91. The van der Waals surface area contributed by atoms with Gasteiger partial charge in [-0.2, -0.15) is 0 Å². The minimum absolute atomic E-state index is 0.123. The third-order valence-corrected chi connectivity index (χ3v) is 4.03. The first-order valence-electron chi connectivity index (χ1n) is 8.28. The van der Waals surface area contributed by atoms with E-state index in [0.29, 0.717) is 30.2 Å². The third-order valence-electron chi connectivity index (χ3n) is 4.03. The molecule has 0 bridgehead atoms. The van der Waals surface area contributed by atoms with Crippen LogP contribution in [0.1, 0.15) is 21.7 Å². The summed E-state index contributed by atoms with van der Waals surface area (Å²) < 4.78 is 16.0. The zero-order valence-corrected chi connectivity index (χ0v) is 14.8. The fourth-order valence-corrected chi connectivity index (χ4v) is 2.71. The van der Waals surface area contributed by atoms with Crippen LogP contribution in [0.3, 0.4) is 0 Å². The summed E-state index contributed by atoms with van der Waals surface area (Å²) in [5.74, 6) is 1.75. The van der Waals surface area contributed by atoms with E-state index in [1.807, 2.05) is 42.5 Å². The fourth-order valence-electron chi connectivity index (χ4n) is 2.71. The summed E-state index contributed by atoms with van der Waals surface area (Å²) in [5, 5.41) is 0. The molecule has 0 aliphatic rings. The van der Waals surface area contributed by atoms with Gasteiger partial charge in [-0.1, -0.05) is 30.3 Å². The van der Waals surface area contributed by atoms with Gasteiger partial charge in [-0.05, 0) is 29.8 Å². The lowest BCUT2D eigenvalue weighted by atomic mass is 10.1. The van der Waals surface area contributed by atoms with Crippen LogP contribution >= 0.6 is 0 Å². The highest BCUT2D eigenvalue weighted by molar-refractivity contribution is 5.95. The molecule has 1 amide bonds. The van der Waals surface area contributed by atoms with Crippen molar-refractivity contribution < 1.29 is 18.7 Å². The number of carbonyl (C=O) groups is 1. The van der Waals surface area contributed by atoms with Crippen LogP contribution in [0.4, 0.5) is 0 Å². The average Bonchev–Trinajstić information content (AvgIpc) is 3.20. The van der Waals surface area contributed by atoms with Crippen molar-refractivity contribution in [1.29, 1.82) is 0 Å². The van der Waals surface area contributed by atoms with Crippen LogP contribution < -0.4 is 9.47 Å². The summed E-state index contributed by atoms with van der Waals surface area (Å²) in [5.41, 5.74) is 1.55. The van der Waals surface area contributed by atoms with Crippen molar-refractivity contribution in [3.05, 3.63) is 83.8 Å². The Kier molecular flexibility index (Phi) is 5.59. The molecule has 0 aliphatic heterocycles. The molecule has 3 aromatic rings. The molecule has 0 atom stereocenters. The van der Waals surface area contributed by atoms with Crippen LogP contribution in [0.25, 0.3) is 0 Å². The topological polar surface area (TPSA) is 51.9 Å². The van der Waals surface area contributed by atoms with Crippen LogP contribution in [0.15, 0.2) is 71.3 Å². The van der Waals surface area contributed by atoms with E-state index in [1.165, 1.54) is 0 Å². The van der Waals surface area contributed by atoms with Gasteiger partial charge in [0.1, 0.15) is 17.3 Å². The van der Waals surface area contributed by atoms with Gasteiger partial charge in [0.05, 0.1) is 27.0 Å². The van der Waals surface area contributed by atoms with Crippen molar-refractivity contribution >= 4 is 5.91 Å². The number of benzene rings is 2. The first kappa shape index (κ1) is 17.6. The molecule has 5 heteroatoms. The van der Waals surface area contributed by atoms with Crippen LogP contribution in [-0.2, 0) is 13.1 Å². The second-order valence-electron chi connectivity index (χ2n) is 5.83. The molecule has 0 N–H and O–H groups in total. The van der Waals surface area contributed by atoms with Crippen LogP contribution in [-0.4, -0.2) is 25.0 Å². The number of nitrogens with zero attached hydrogens (tertiary/aromatic N) is 1. The lowest BCUT2D eigenvalue weighted by Crippen LogP contribution is -2.30. The molecule has 0 radical (unpaired) electrons. The Hall–Kier alpha value is -3.21. The van der Waals surface area contributed by atoms with Crippen molar-refractivity contribution in [1.82, 2.24) is 4.90 Å². The molecule has 2 aromatic carbocycles. The molecular weight excluding hydrogens is 330 g/mol. The Morgan fingerprint density at radius 2 is 1.62 bits per heavy atom. The SMILES string of the molecule is COc1cc(OC)cc(C(=O)N(Cc2ccccc2)Cc2ccco2)c1. The van der Waals surface area contributed by atoms with Crippen molar-refractivity contribution in [3.8, 4) is 11.5 Å². The maximum atomic E-state index is 13.2. The molecule has 0 fully saturated rings. The van der Waals surface area contributed by atoms with Gasteiger partial charge in [-0.3, -0.25) is 4.79 Å². The quantitative estimate of drug-likeness (QED) is 0.642. The predicted molar refractivity (Wildman–Crippen MR) is 98.3 cm³/mol. The smallest absolute Gasteiger partial charge is 0.254 e. The third kappa shape index (κ3) is 4.25. The molecule has 0 unspecified atom stereocenters. The number of methoxy groups -OCH3 is 2. The number of amides is 1. The second kappa shape index (κ2) is 8.25. The van der Waals surface area contributed by atoms with E-state index in [4.69, 9.17) is 13.9 Å². The molecule has 0 saturated carbocycles. The highest BCUT2D eigenvalue weighted by Crippen LogP contribution is 2.24. The largest absolute Gasteiger partial charge is 0.497 e. The maximum absolute atomic E-state index is 13.2. The number of rotatable bonds is 7. The molecule has 1 heterocycles. The lowest BCUT2D eigenvalue weighted by molar-refractivity contribution is 0.0717. The lowest BCUT2D eigenvalue weighted by Gasteiger charge is -2.22. The van der Waals surface area contributed by atoms with Gasteiger partial charge in [-0.15, -0.1) is 0 Å². The van der Waals surface area contributed by atoms with Gasteiger partial charge < -0.3 is 18.8 Å². The number of ether oxygens (including phenoxy) is 2. The molecule has 134 valence electrons. The summed E-state index contributed by atoms with van der Waals surface area (Å²) in [7, 11) is 3.13. The van der Waals surface area contributed by atoms with Crippen molar-refractivity contribution in [2.75, 3.05) is 14.2 Å². The van der Waals surface area contributed by atoms with Gasteiger partial charge in [0.2, 0.25) is 0 Å². The van der Waals surface area contributed by atoms with Crippen molar-refractivity contribution in [3.63, 3.8) is 0 Å². The average molecular weight is 351 g/mol. The van der Waals surface area contributed by atoms with Gasteiger partial charge in [0.15, 0.2) is 0 Å². The van der Waals surface area contributed by atoms with Crippen molar-refractivity contribution in [2.45, 2.75) is 13.1 Å². The Labute approximate surface area is 152 Å². The van der Waals surface area contributed by atoms with E-state index in [1.54, 1.807) is 43.6 Å². The first-order chi connectivity index (χ1) is 12.7. The summed E-state index contributed by atoms with van der Waals surface area (Å²) in [4.78, 5) is 14.9. The van der Waals surface area contributed by atoms with Crippen LogP contribution in [0.2, 0.25) is 0 Å². The number of carbonyl (C=O) groups excluding carboxylic acids is 1. The van der Waals surface area contributed by atoms with E-state index in [-0.39, 0.29) is 5.91 Å². The summed E-state index contributed by atoms with van der Waals surface area (Å²) in [6.45, 7) is 0.847. The Bertz CT molecular complexity index is 821.